The minimum Gasteiger partial charge on any atom is -0.493 e. The summed E-state index contributed by atoms with van der Waals surface area (Å²) in [4.78, 5) is 27.2. The summed E-state index contributed by atoms with van der Waals surface area (Å²) >= 11 is 0. The first-order valence-corrected chi connectivity index (χ1v) is 11.6. The van der Waals surface area contributed by atoms with Crippen molar-refractivity contribution in [2.45, 2.75) is 6.04 Å². The van der Waals surface area contributed by atoms with E-state index in [2.05, 4.69) is 15.4 Å². The highest BCUT2D eigenvalue weighted by Crippen LogP contribution is 2.35. The fourth-order valence-corrected chi connectivity index (χ4v) is 3.88. The highest BCUT2D eigenvalue weighted by Gasteiger charge is 2.26. The number of aromatic nitrogens is 3. The van der Waals surface area contributed by atoms with Crippen molar-refractivity contribution in [2.75, 3.05) is 25.6 Å². The Morgan fingerprint density at radius 3 is 2.56 bits per heavy atom. The van der Waals surface area contributed by atoms with E-state index in [0.717, 1.165) is 10.7 Å². The molecule has 202 valence electrons. The second-order valence-corrected chi connectivity index (χ2v) is 8.21. The maximum Gasteiger partial charge on any atom is 0.348 e. The maximum absolute atomic E-state index is 15.5. The minimum absolute atomic E-state index is 0.0197. The molecular weight excluding hydrogens is 511 g/mol. The van der Waals surface area contributed by atoms with Crippen molar-refractivity contribution in [2.24, 2.45) is 5.73 Å². The molecule has 12 nitrogen and oxygen atoms in total. The van der Waals surface area contributed by atoms with Gasteiger partial charge in [0.05, 0.1) is 25.0 Å². The van der Waals surface area contributed by atoms with Gasteiger partial charge >= 0.3 is 11.7 Å². The van der Waals surface area contributed by atoms with Gasteiger partial charge in [-0.15, -0.1) is 5.10 Å². The number of aromatic carboxylic acids is 1. The van der Waals surface area contributed by atoms with E-state index in [-0.39, 0.29) is 53.2 Å². The SMILES string of the molecule is COc1cc(C(Nc2ccc(C(=N)N)cc2)c2nn(-c3ccccc3C(=O)O)c(=O)[nH]2)c(F)cc1OCCO. The van der Waals surface area contributed by atoms with Crippen molar-refractivity contribution >= 4 is 17.5 Å². The van der Waals surface area contributed by atoms with Crippen LogP contribution in [0, 0.1) is 11.2 Å². The van der Waals surface area contributed by atoms with Crippen molar-refractivity contribution in [3.05, 3.63) is 99.5 Å². The molecule has 1 heterocycles. The lowest BCUT2D eigenvalue weighted by Gasteiger charge is -2.21. The van der Waals surface area contributed by atoms with Gasteiger partial charge < -0.3 is 30.7 Å². The molecule has 39 heavy (non-hydrogen) atoms. The van der Waals surface area contributed by atoms with E-state index in [9.17, 15) is 14.7 Å². The molecule has 7 N–H and O–H groups in total. The van der Waals surface area contributed by atoms with Gasteiger partial charge in [0.2, 0.25) is 0 Å². The Morgan fingerprint density at radius 2 is 1.92 bits per heavy atom. The van der Waals surface area contributed by atoms with Gasteiger partial charge in [0.15, 0.2) is 17.3 Å². The molecule has 0 aliphatic carbocycles. The van der Waals surface area contributed by atoms with Gasteiger partial charge in [-0.2, -0.15) is 4.68 Å². The molecule has 0 bridgehead atoms. The number of nitrogens with one attached hydrogen (secondary N) is 3. The number of benzene rings is 3. The third-order valence-electron chi connectivity index (χ3n) is 5.72. The van der Waals surface area contributed by atoms with E-state index in [1.807, 2.05) is 0 Å². The molecule has 0 fully saturated rings. The van der Waals surface area contributed by atoms with Crippen LogP contribution in [-0.2, 0) is 0 Å². The number of aliphatic hydroxyl groups excluding tert-OH is 1. The number of methoxy groups -OCH3 is 1. The number of nitrogens with zero attached hydrogens (tertiary/aromatic N) is 2. The fraction of sp³-hybridized carbons (Fsp3) is 0.154. The molecule has 3 aromatic carbocycles. The molecule has 4 rings (SSSR count). The van der Waals surface area contributed by atoms with E-state index in [0.29, 0.717) is 11.3 Å². The van der Waals surface area contributed by atoms with Crippen LogP contribution in [0.2, 0.25) is 0 Å². The Labute approximate surface area is 220 Å². The molecule has 0 aliphatic rings. The third kappa shape index (κ3) is 5.72. The van der Waals surface area contributed by atoms with Crippen LogP contribution < -0.4 is 26.2 Å². The van der Waals surface area contributed by atoms with Crippen molar-refractivity contribution < 1.29 is 28.9 Å². The van der Waals surface area contributed by atoms with Gasteiger partial charge in [-0.3, -0.25) is 10.4 Å². The monoisotopic (exact) mass is 536 g/mol. The normalized spacial score (nSPS) is 11.6. The first-order valence-electron chi connectivity index (χ1n) is 11.6. The van der Waals surface area contributed by atoms with Crippen LogP contribution in [0.5, 0.6) is 11.5 Å². The highest BCUT2D eigenvalue weighted by molar-refractivity contribution is 5.95. The standard InChI is InChI=1S/C26H25FN6O6/c1-38-20-12-17(18(27)13-21(20)39-11-10-34)22(30-15-8-6-14(7-9-15)23(28)29)24-31-26(37)33(32-24)19-5-3-2-4-16(19)25(35)36/h2-9,12-13,22,30,34H,10-11H2,1H3,(H3,28,29)(H,35,36)(H,31,32,37). The summed E-state index contributed by atoms with van der Waals surface area (Å²) in [5.74, 6) is -1.92. The van der Waals surface area contributed by atoms with E-state index in [4.69, 9.17) is 25.7 Å². The number of para-hydroxylation sites is 1. The number of carboxylic acids is 1. The van der Waals surface area contributed by atoms with Crippen LogP contribution in [0.3, 0.4) is 0 Å². The lowest BCUT2D eigenvalue weighted by Crippen LogP contribution is -2.18. The van der Waals surface area contributed by atoms with Gasteiger partial charge in [0.1, 0.15) is 24.3 Å². The summed E-state index contributed by atoms with van der Waals surface area (Å²) < 4.78 is 27.1. The number of anilines is 1. The summed E-state index contributed by atoms with van der Waals surface area (Å²) in [6.07, 6.45) is 0. The molecule has 13 heteroatoms. The van der Waals surface area contributed by atoms with Crippen molar-refractivity contribution in [3.8, 4) is 17.2 Å². The van der Waals surface area contributed by atoms with Crippen LogP contribution in [0.15, 0.2) is 65.5 Å². The third-order valence-corrected chi connectivity index (χ3v) is 5.72. The summed E-state index contributed by atoms with van der Waals surface area (Å²) in [6, 6.07) is 13.6. The number of H-pyrrole nitrogens is 1. The maximum atomic E-state index is 15.5. The molecule has 0 saturated heterocycles. The molecule has 0 amide bonds. The lowest BCUT2D eigenvalue weighted by atomic mass is 10.0. The topological polar surface area (TPSA) is 189 Å². The largest absolute Gasteiger partial charge is 0.493 e. The van der Waals surface area contributed by atoms with Crippen molar-refractivity contribution in [1.29, 1.82) is 5.41 Å². The molecular formula is C26H25FN6O6. The number of ether oxygens (including phenoxy) is 2. The van der Waals surface area contributed by atoms with Gasteiger partial charge in [0, 0.05) is 22.9 Å². The number of hydrogen-bond donors (Lipinski definition) is 6. The Bertz CT molecular complexity index is 1570. The average Bonchev–Trinajstić information content (AvgIpc) is 3.32. The Kier molecular flexibility index (Phi) is 7.91. The summed E-state index contributed by atoms with van der Waals surface area (Å²) in [5, 5.41) is 33.6. The van der Waals surface area contributed by atoms with Crippen molar-refractivity contribution in [1.82, 2.24) is 14.8 Å². The number of aromatic amines is 1. The summed E-state index contributed by atoms with van der Waals surface area (Å²) in [7, 11) is 1.37. The number of rotatable bonds is 11. The molecule has 4 aromatic rings. The smallest absolute Gasteiger partial charge is 0.348 e. The molecule has 0 saturated carbocycles. The zero-order valence-electron chi connectivity index (χ0n) is 20.6. The van der Waals surface area contributed by atoms with Crippen LogP contribution in [0.4, 0.5) is 10.1 Å². The summed E-state index contributed by atoms with van der Waals surface area (Å²) in [5.41, 5.74) is 5.63. The highest BCUT2D eigenvalue weighted by atomic mass is 19.1. The molecule has 0 aliphatic heterocycles. The van der Waals surface area contributed by atoms with Crippen molar-refractivity contribution in [3.63, 3.8) is 0 Å². The number of hydrogen-bond acceptors (Lipinski definition) is 8. The number of carboxylic acid groups (broad SMARTS) is 1. The Balaban J connectivity index is 1.85. The van der Waals surface area contributed by atoms with E-state index >= 15 is 4.39 Å². The van der Waals surface area contributed by atoms with Crippen LogP contribution >= 0.6 is 0 Å². The van der Waals surface area contributed by atoms with Crippen LogP contribution in [0.1, 0.15) is 33.4 Å². The predicted molar refractivity (Wildman–Crippen MR) is 140 cm³/mol. The fourth-order valence-electron chi connectivity index (χ4n) is 3.88. The average molecular weight is 537 g/mol. The number of carbonyl (C=O) groups is 1. The Morgan fingerprint density at radius 1 is 1.21 bits per heavy atom. The zero-order chi connectivity index (χ0) is 28.1. The Hall–Kier alpha value is -5.17. The first-order chi connectivity index (χ1) is 18.7. The van der Waals surface area contributed by atoms with E-state index < -0.39 is 23.5 Å². The second kappa shape index (κ2) is 11.5. The lowest BCUT2D eigenvalue weighted by molar-refractivity contribution is 0.0696. The number of amidine groups is 1. The quantitative estimate of drug-likeness (QED) is 0.123. The minimum atomic E-state index is -1.25. The van der Waals surface area contributed by atoms with Crippen LogP contribution in [-0.4, -0.2) is 57.1 Å². The number of nitrogens with two attached hydrogens (primary N) is 1. The molecule has 0 radical (unpaired) electrons. The number of halogens is 1. The molecule has 1 unspecified atom stereocenters. The second-order valence-electron chi connectivity index (χ2n) is 8.21. The predicted octanol–water partition coefficient (Wildman–Crippen LogP) is 2.26. The van der Waals surface area contributed by atoms with Gasteiger partial charge in [-0.1, -0.05) is 12.1 Å². The first kappa shape index (κ1) is 26.9. The van der Waals surface area contributed by atoms with E-state index in [1.165, 1.54) is 31.4 Å². The van der Waals surface area contributed by atoms with E-state index in [1.54, 1.807) is 30.3 Å². The number of aliphatic hydroxyl groups is 1. The van der Waals surface area contributed by atoms with Gasteiger partial charge in [0.25, 0.3) is 0 Å². The number of nitrogen functional groups attached to an aromatic ring is 1. The summed E-state index contributed by atoms with van der Waals surface area (Å²) in [6.45, 7) is -0.372. The zero-order valence-corrected chi connectivity index (χ0v) is 20.6. The molecule has 1 atom stereocenters. The molecule has 0 spiro atoms. The van der Waals surface area contributed by atoms with Crippen LogP contribution in [0.25, 0.3) is 5.69 Å². The van der Waals surface area contributed by atoms with Gasteiger partial charge in [-0.05, 0) is 42.5 Å². The molecule has 1 aromatic heterocycles. The van der Waals surface area contributed by atoms with Gasteiger partial charge in [-0.25, -0.2) is 14.0 Å².